The largest absolute Gasteiger partial charge is 0.328 e. The summed E-state index contributed by atoms with van der Waals surface area (Å²) in [5.74, 6) is -0.00428. The number of carbonyl (C=O) groups excluding carboxylic acids is 3. The van der Waals surface area contributed by atoms with E-state index in [1.165, 1.54) is 4.90 Å². The van der Waals surface area contributed by atoms with Crippen molar-refractivity contribution in [3.8, 4) is 0 Å². The van der Waals surface area contributed by atoms with Crippen molar-refractivity contribution in [1.29, 1.82) is 0 Å². The molecular formula is C27H41N3O3. The number of rotatable bonds is 9. The molecule has 33 heavy (non-hydrogen) atoms. The number of benzene rings is 1. The van der Waals surface area contributed by atoms with E-state index in [0.717, 1.165) is 55.3 Å². The van der Waals surface area contributed by atoms with Gasteiger partial charge in [-0.25, -0.2) is 4.79 Å². The predicted molar refractivity (Wildman–Crippen MR) is 132 cm³/mol. The van der Waals surface area contributed by atoms with E-state index in [-0.39, 0.29) is 36.2 Å². The summed E-state index contributed by atoms with van der Waals surface area (Å²) in [5.41, 5.74) is 2.21. The van der Waals surface area contributed by atoms with Crippen LogP contribution in [0.3, 0.4) is 0 Å². The van der Waals surface area contributed by atoms with Crippen LogP contribution in [0.1, 0.15) is 109 Å². The van der Waals surface area contributed by atoms with Crippen LogP contribution in [0, 0.1) is 0 Å². The Labute approximate surface area is 199 Å². The molecule has 4 amide bonds. The van der Waals surface area contributed by atoms with Gasteiger partial charge in [-0.05, 0) is 42.2 Å². The molecule has 2 aliphatic rings. The third kappa shape index (κ3) is 5.10. The van der Waals surface area contributed by atoms with E-state index in [4.69, 9.17) is 0 Å². The van der Waals surface area contributed by atoms with Crippen molar-refractivity contribution in [2.75, 3.05) is 18.4 Å². The van der Waals surface area contributed by atoms with E-state index in [2.05, 4.69) is 39.9 Å². The molecule has 182 valence electrons. The molecule has 3 rings (SSSR count). The fourth-order valence-electron chi connectivity index (χ4n) is 5.39. The van der Waals surface area contributed by atoms with Crippen molar-refractivity contribution in [3.63, 3.8) is 0 Å². The van der Waals surface area contributed by atoms with Gasteiger partial charge >= 0.3 is 6.03 Å². The van der Waals surface area contributed by atoms with Gasteiger partial charge in [0.2, 0.25) is 5.91 Å². The van der Waals surface area contributed by atoms with Gasteiger partial charge in [0.15, 0.2) is 0 Å². The molecule has 1 saturated heterocycles. The molecule has 1 saturated carbocycles. The number of anilines is 1. The van der Waals surface area contributed by atoms with Crippen LogP contribution in [0.15, 0.2) is 18.2 Å². The van der Waals surface area contributed by atoms with E-state index in [1.807, 2.05) is 18.2 Å². The summed E-state index contributed by atoms with van der Waals surface area (Å²) in [5, 5.41) is 3.06. The molecule has 1 aliphatic heterocycles. The number of amides is 4. The zero-order valence-electron chi connectivity index (χ0n) is 21.1. The summed E-state index contributed by atoms with van der Waals surface area (Å²) in [6.07, 6.45) is 7.37. The average molecular weight is 456 g/mol. The van der Waals surface area contributed by atoms with Crippen molar-refractivity contribution in [2.45, 2.75) is 103 Å². The van der Waals surface area contributed by atoms with Gasteiger partial charge in [0.25, 0.3) is 5.91 Å². The van der Waals surface area contributed by atoms with Gasteiger partial charge in [-0.1, -0.05) is 84.9 Å². The first kappa shape index (κ1) is 25.3. The van der Waals surface area contributed by atoms with Crippen molar-refractivity contribution < 1.29 is 14.4 Å². The normalized spacial score (nSPS) is 18.2. The lowest BCUT2D eigenvalue weighted by Crippen LogP contribution is -2.51. The first-order valence-corrected chi connectivity index (χ1v) is 12.8. The minimum absolute atomic E-state index is 0.180. The van der Waals surface area contributed by atoms with Crippen LogP contribution in [0.5, 0.6) is 0 Å². The molecule has 1 aromatic carbocycles. The van der Waals surface area contributed by atoms with Crippen molar-refractivity contribution >= 4 is 23.5 Å². The molecule has 1 N–H and O–H groups in total. The Morgan fingerprint density at radius 2 is 1.61 bits per heavy atom. The number of nitrogens with one attached hydrogen (secondary N) is 1. The maximum atomic E-state index is 13.6. The minimum atomic E-state index is -0.748. The Morgan fingerprint density at radius 3 is 2.15 bits per heavy atom. The van der Waals surface area contributed by atoms with E-state index in [9.17, 15) is 14.4 Å². The van der Waals surface area contributed by atoms with Crippen LogP contribution < -0.4 is 5.32 Å². The third-order valence-corrected chi connectivity index (χ3v) is 7.23. The molecule has 0 radical (unpaired) electrons. The highest BCUT2D eigenvalue weighted by Gasteiger charge is 2.57. The lowest BCUT2D eigenvalue weighted by atomic mass is 9.80. The van der Waals surface area contributed by atoms with Gasteiger partial charge in [0, 0.05) is 12.2 Å². The Morgan fingerprint density at radius 1 is 1.00 bits per heavy atom. The second kappa shape index (κ2) is 10.7. The van der Waals surface area contributed by atoms with Crippen molar-refractivity contribution in [2.24, 2.45) is 0 Å². The number of carbonyl (C=O) groups is 3. The van der Waals surface area contributed by atoms with E-state index in [0.29, 0.717) is 19.4 Å². The molecule has 1 aromatic rings. The smallest absolute Gasteiger partial charge is 0.324 e. The number of imide groups is 1. The summed E-state index contributed by atoms with van der Waals surface area (Å²) < 4.78 is 0. The maximum Gasteiger partial charge on any atom is 0.328 e. The van der Waals surface area contributed by atoms with Gasteiger partial charge in [-0.2, -0.15) is 0 Å². The van der Waals surface area contributed by atoms with Crippen LogP contribution in [0.25, 0.3) is 0 Å². The number of urea groups is 1. The lowest BCUT2D eigenvalue weighted by molar-refractivity contribution is -0.136. The number of para-hydroxylation sites is 1. The van der Waals surface area contributed by atoms with Gasteiger partial charge in [-0.3, -0.25) is 14.5 Å². The second-order valence-corrected chi connectivity index (χ2v) is 10.3. The summed E-state index contributed by atoms with van der Waals surface area (Å²) in [4.78, 5) is 43.1. The third-order valence-electron chi connectivity index (χ3n) is 7.23. The highest BCUT2D eigenvalue weighted by atomic mass is 16.2. The first-order valence-electron chi connectivity index (χ1n) is 12.8. The predicted octanol–water partition coefficient (Wildman–Crippen LogP) is 6.03. The molecule has 6 nitrogen and oxygen atoms in total. The molecule has 0 aromatic heterocycles. The van der Waals surface area contributed by atoms with Gasteiger partial charge in [-0.15, -0.1) is 0 Å². The number of unbranched alkanes of at least 4 members (excludes halogenated alkanes) is 2. The molecule has 0 atom stereocenters. The summed E-state index contributed by atoms with van der Waals surface area (Å²) >= 11 is 0. The van der Waals surface area contributed by atoms with Crippen LogP contribution in [-0.2, 0) is 9.59 Å². The SMILES string of the molecule is CCCCCN1C(=O)N(CC(=O)Nc2c(C(C)C)cccc2C(C)C)C(=O)C12CCCCC2. The van der Waals surface area contributed by atoms with Gasteiger partial charge < -0.3 is 10.2 Å². The van der Waals surface area contributed by atoms with Gasteiger partial charge in [0.05, 0.1) is 0 Å². The van der Waals surface area contributed by atoms with Crippen LogP contribution in [0.2, 0.25) is 0 Å². The average Bonchev–Trinajstić information content (AvgIpc) is 2.96. The topological polar surface area (TPSA) is 69.7 Å². The molecule has 0 unspecified atom stereocenters. The standard InChI is InChI=1S/C27H41N3O3/c1-6-7-11-17-30-26(33)29(25(32)27(30)15-9-8-10-16-27)18-23(31)28-24-21(19(2)3)13-12-14-22(24)20(4)5/h12-14,19-20H,6-11,15-18H2,1-5H3,(H,28,31). The summed E-state index contributed by atoms with van der Waals surface area (Å²) in [6.45, 7) is 10.9. The van der Waals surface area contributed by atoms with Gasteiger partial charge in [0.1, 0.15) is 12.1 Å². The van der Waals surface area contributed by atoms with Crippen molar-refractivity contribution in [1.82, 2.24) is 9.80 Å². The lowest BCUT2D eigenvalue weighted by Gasteiger charge is -2.38. The van der Waals surface area contributed by atoms with Crippen molar-refractivity contribution in [3.05, 3.63) is 29.3 Å². The zero-order valence-corrected chi connectivity index (χ0v) is 21.1. The Bertz CT molecular complexity index is 845. The molecule has 1 spiro atoms. The fraction of sp³-hybridized carbons (Fsp3) is 0.667. The number of nitrogens with zero attached hydrogens (tertiary/aromatic N) is 2. The van der Waals surface area contributed by atoms with E-state index >= 15 is 0 Å². The molecule has 0 bridgehead atoms. The maximum absolute atomic E-state index is 13.6. The summed E-state index contributed by atoms with van der Waals surface area (Å²) in [6, 6.07) is 5.79. The van der Waals surface area contributed by atoms with E-state index < -0.39 is 5.54 Å². The highest BCUT2D eigenvalue weighted by Crippen LogP contribution is 2.41. The fourth-order valence-corrected chi connectivity index (χ4v) is 5.39. The minimum Gasteiger partial charge on any atom is -0.324 e. The molecule has 1 aliphatic carbocycles. The Balaban J connectivity index is 1.82. The van der Waals surface area contributed by atoms with E-state index in [1.54, 1.807) is 4.90 Å². The summed E-state index contributed by atoms with van der Waals surface area (Å²) in [7, 11) is 0. The highest BCUT2D eigenvalue weighted by molar-refractivity contribution is 6.10. The Hall–Kier alpha value is -2.37. The molecular weight excluding hydrogens is 414 g/mol. The zero-order chi connectivity index (χ0) is 24.2. The van der Waals surface area contributed by atoms with Crippen LogP contribution in [0.4, 0.5) is 10.5 Å². The first-order chi connectivity index (χ1) is 15.7. The van der Waals surface area contributed by atoms with Crippen LogP contribution >= 0.6 is 0 Å². The van der Waals surface area contributed by atoms with Crippen LogP contribution in [-0.4, -0.2) is 46.3 Å². The molecule has 6 heteroatoms. The monoisotopic (exact) mass is 455 g/mol. The molecule has 1 heterocycles. The second-order valence-electron chi connectivity index (χ2n) is 10.3. The number of hydrogen-bond donors (Lipinski definition) is 1. The quantitative estimate of drug-likeness (QED) is 0.365. The Kier molecular flexibility index (Phi) is 8.19. The number of hydrogen-bond acceptors (Lipinski definition) is 3. The molecule has 2 fully saturated rings.